The predicted octanol–water partition coefficient (Wildman–Crippen LogP) is 3.53. The zero-order valence-electron chi connectivity index (χ0n) is 12.5. The van der Waals surface area contributed by atoms with Crippen LogP contribution in [0, 0.1) is 6.92 Å². The van der Waals surface area contributed by atoms with Crippen molar-refractivity contribution in [2.45, 2.75) is 6.92 Å². The summed E-state index contributed by atoms with van der Waals surface area (Å²) < 4.78 is 9.70. The van der Waals surface area contributed by atoms with E-state index in [0.29, 0.717) is 16.7 Å². The SMILES string of the molecule is Cc1cccc(OCC(=O)Nc2nc(-c3ccccc3)ns2)c1. The van der Waals surface area contributed by atoms with Gasteiger partial charge >= 0.3 is 0 Å². The van der Waals surface area contributed by atoms with E-state index in [2.05, 4.69) is 14.7 Å². The van der Waals surface area contributed by atoms with Gasteiger partial charge in [0.25, 0.3) is 5.91 Å². The lowest BCUT2D eigenvalue weighted by Crippen LogP contribution is -2.20. The van der Waals surface area contributed by atoms with Crippen LogP contribution in [-0.2, 0) is 4.79 Å². The molecule has 0 fully saturated rings. The van der Waals surface area contributed by atoms with Gasteiger partial charge in [0.1, 0.15) is 5.75 Å². The fraction of sp³-hybridized carbons (Fsp3) is 0.118. The molecule has 0 aliphatic carbocycles. The van der Waals surface area contributed by atoms with Crippen LogP contribution in [0.4, 0.5) is 5.13 Å². The standard InChI is InChI=1S/C17H15N3O2S/c1-12-6-5-9-14(10-12)22-11-15(21)18-17-19-16(20-23-17)13-7-3-2-4-8-13/h2-10H,11H2,1H3,(H,18,19,20,21). The average Bonchev–Trinajstić information content (AvgIpc) is 3.02. The van der Waals surface area contributed by atoms with Crippen molar-refractivity contribution < 1.29 is 9.53 Å². The predicted molar refractivity (Wildman–Crippen MR) is 90.6 cm³/mol. The summed E-state index contributed by atoms with van der Waals surface area (Å²) in [4.78, 5) is 16.2. The molecule has 23 heavy (non-hydrogen) atoms. The van der Waals surface area contributed by atoms with E-state index in [1.54, 1.807) is 0 Å². The van der Waals surface area contributed by atoms with Gasteiger partial charge in [-0.05, 0) is 24.6 Å². The third-order valence-corrected chi connectivity index (χ3v) is 3.69. The summed E-state index contributed by atoms with van der Waals surface area (Å²) in [5, 5.41) is 3.16. The molecule has 0 radical (unpaired) electrons. The molecule has 116 valence electrons. The molecule has 3 aromatic rings. The van der Waals surface area contributed by atoms with Gasteiger partial charge in [-0.15, -0.1) is 0 Å². The van der Waals surface area contributed by atoms with E-state index in [4.69, 9.17) is 4.74 Å². The third-order valence-electron chi connectivity index (χ3n) is 3.06. The van der Waals surface area contributed by atoms with Crippen molar-refractivity contribution in [1.82, 2.24) is 9.36 Å². The number of nitrogens with one attached hydrogen (secondary N) is 1. The molecule has 0 unspecified atom stereocenters. The van der Waals surface area contributed by atoms with Crippen molar-refractivity contribution in [2.75, 3.05) is 11.9 Å². The van der Waals surface area contributed by atoms with Crippen LogP contribution in [0.5, 0.6) is 5.75 Å². The number of hydrogen-bond acceptors (Lipinski definition) is 5. The number of benzene rings is 2. The lowest BCUT2D eigenvalue weighted by molar-refractivity contribution is -0.118. The Morgan fingerprint density at radius 1 is 1.17 bits per heavy atom. The lowest BCUT2D eigenvalue weighted by Gasteiger charge is -2.06. The van der Waals surface area contributed by atoms with Crippen LogP contribution < -0.4 is 10.1 Å². The van der Waals surface area contributed by atoms with Crippen LogP contribution in [0.1, 0.15) is 5.56 Å². The minimum atomic E-state index is -0.262. The van der Waals surface area contributed by atoms with Crippen molar-refractivity contribution in [3.63, 3.8) is 0 Å². The first-order valence-corrected chi connectivity index (χ1v) is 7.86. The van der Waals surface area contributed by atoms with Crippen LogP contribution in [0.3, 0.4) is 0 Å². The Kier molecular flexibility index (Phi) is 4.63. The number of aryl methyl sites for hydroxylation is 1. The number of ether oxygens (including phenoxy) is 1. The molecule has 2 aromatic carbocycles. The summed E-state index contributed by atoms with van der Waals surface area (Å²) in [6.45, 7) is 1.91. The number of amides is 1. The Bertz CT molecular complexity index is 802. The summed E-state index contributed by atoms with van der Waals surface area (Å²) in [6, 6.07) is 17.2. The summed E-state index contributed by atoms with van der Waals surface area (Å²) in [7, 11) is 0. The normalized spacial score (nSPS) is 10.3. The molecule has 6 heteroatoms. The number of carbonyl (C=O) groups is 1. The maximum absolute atomic E-state index is 11.9. The fourth-order valence-electron chi connectivity index (χ4n) is 1.99. The average molecular weight is 325 g/mol. The second kappa shape index (κ2) is 7.02. The van der Waals surface area contributed by atoms with Gasteiger partial charge in [-0.3, -0.25) is 10.1 Å². The highest BCUT2D eigenvalue weighted by atomic mass is 32.1. The van der Waals surface area contributed by atoms with Crippen molar-refractivity contribution >= 4 is 22.6 Å². The maximum Gasteiger partial charge on any atom is 0.264 e. The summed E-state index contributed by atoms with van der Waals surface area (Å²) >= 11 is 1.15. The van der Waals surface area contributed by atoms with Crippen LogP contribution in [0.15, 0.2) is 54.6 Å². The van der Waals surface area contributed by atoms with Crippen LogP contribution in [-0.4, -0.2) is 21.9 Å². The van der Waals surface area contributed by atoms with Crippen LogP contribution in [0.2, 0.25) is 0 Å². The Morgan fingerprint density at radius 2 is 2.00 bits per heavy atom. The van der Waals surface area contributed by atoms with E-state index in [9.17, 15) is 4.79 Å². The zero-order valence-corrected chi connectivity index (χ0v) is 13.3. The second-order valence-corrected chi connectivity index (χ2v) is 5.69. The van der Waals surface area contributed by atoms with E-state index in [-0.39, 0.29) is 12.5 Å². The van der Waals surface area contributed by atoms with Gasteiger partial charge in [0.2, 0.25) is 5.13 Å². The molecule has 0 bridgehead atoms. The Hall–Kier alpha value is -2.73. The van der Waals surface area contributed by atoms with Crippen LogP contribution in [0.25, 0.3) is 11.4 Å². The molecular formula is C17H15N3O2S. The molecule has 0 atom stereocenters. The highest BCUT2D eigenvalue weighted by Gasteiger charge is 2.10. The van der Waals surface area contributed by atoms with Gasteiger partial charge in [0, 0.05) is 17.1 Å². The maximum atomic E-state index is 11.9. The van der Waals surface area contributed by atoms with E-state index in [0.717, 1.165) is 22.7 Å². The van der Waals surface area contributed by atoms with Crippen molar-refractivity contribution in [3.05, 3.63) is 60.2 Å². The second-order valence-electron chi connectivity index (χ2n) is 4.94. The van der Waals surface area contributed by atoms with Crippen molar-refractivity contribution in [3.8, 4) is 17.1 Å². The van der Waals surface area contributed by atoms with E-state index >= 15 is 0 Å². The van der Waals surface area contributed by atoms with E-state index in [1.807, 2.05) is 61.5 Å². The number of aromatic nitrogens is 2. The Labute approximate surface area is 138 Å². The first-order chi connectivity index (χ1) is 11.2. The smallest absolute Gasteiger partial charge is 0.264 e. The highest BCUT2D eigenvalue weighted by Crippen LogP contribution is 2.20. The molecule has 0 saturated heterocycles. The number of rotatable bonds is 5. The molecule has 1 amide bonds. The monoisotopic (exact) mass is 325 g/mol. The summed E-state index contributed by atoms with van der Waals surface area (Å²) in [5.74, 6) is 1.01. The fourth-order valence-corrected chi connectivity index (χ4v) is 2.59. The van der Waals surface area contributed by atoms with Crippen LogP contribution >= 0.6 is 11.5 Å². The summed E-state index contributed by atoms with van der Waals surface area (Å²) in [6.07, 6.45) is 0. The molecule has 0 spiro atoms. The topological polar surface area (TPSA) is 64.1 Å². The molecule has 1 heterocycles. The molecule has 1 aromatic heterocycles. The van der Waals surface area contributed by atoms with Gasteiger partial charge in [-0.2, -0.15) is 9.36 Å². The molecule has 0 aliphatic heterocycles. The highest BCUT2D eigenvalue weighted by molar-refractivity contribution is 7.10. The van der Waals surface area contributed by atoms with Gasteiger partial charge in [0.05, 0.1) is 0 Å². The number of nitrogens with zero attached hydrogens (tertiary/aromatic N) is 2. The van der Waals surface area contributed by atoms with Crippen molar-refractivity contribution in [1.29, 1.82) is 0 Å². The Morgan fingerprint density at radius 3 is 2.78 bits per heavy atom. The van der Waals surface area contributed by atoms with Gasteiger partial charge < -0.3 is 4.74 Å². The van der Waals surface area contributed by atoms with Gasteiger partial charge in [-0.1, -0.05) is 42.5 Å². The molecule has 0 saturated carbocycles. The Balaban J connectivity index is 1.57. The van der Waals surface area contributed by atoms with Gasteiger partial charge in [-0.25, -0.2) is 0 Å². The quantitative estimate of drug-likeness (QED) is 0.779. The first kappa shape index (κ1) is 15.2. The van der Waals surface area contributed by atoms with Crippen molar-refractivity contribution in [2.24, 2.45) is 0 Å². The molecule has 1 N–H and O–H groups in total. The third kappa shape index (κ3) is 4.14. The molecule has 3 rings (SSSR count). The lowest BCUT2D eigenvalue weighted by atomic mass is 10.2. The van der Waals surface area contributed by atoms with Gasteiger partial charge in [0.15, 0.2) is 12.4 Å². The number of carbonyl (C=O) groups excluding carboxylic acids is 1. The zero-order chi connectivity index (χ0) is 16.1. The van der Waals surface area contributed by atoms with E-state index < -0.39 is 0 Å². The molecular weight excluding hydrogens is 310 g/mol. The van der Waals surface area contributed by atoms with E-state index in [1.165, 1.54) is 0 Å². The first-order valence-electron chi connectivity index (χ1n) is 7.09. The molecule has 5 nitrogen and oxygen atoms in total. The number of anilines is 1. The molecule has 0 aliphatic rings. The largest absolute Gasteiger partial charge is 0.484 e. The summed E-state index contributed by atoms with van der Waals surface area (Å²) in [5.41, 5.74) is 2.00. The number of hydrogen-bond donors (Lipinski definition) is 1. The minimum absolute atomic E-state index is 0.0658. The minimum Gasteiger partial charge on any atom is -0.484 e.